The summed E-state index contributed by atoms with van der Waals surface area (Å²) in [5.74, 6) is -0.125. The lowest BCUT2D eigenvalue weighted by molar-refractivity contribution is -0.122. The van der Waals surface area contributed by atoms with Gasteiger partial charge in [0.15, 0.2) is 0 Å². The van der Waals surface area contributed by atoms with Gasteiger partial charge in [0.2, 0.25) is 11.8 Å². The third-order valence-electron chi connectivity index (χ3n) is 3.97. The molecule has 0 spiro atoms. The number of carbonyl (C=O) groups is 2. The molecule has 1 heterocycles. The number of nitrogens with one attached hydrogen (secondary N) is 2. The maximum Gasteiger partial charge on any atom is 0.246 e. The van der Waals surface area contributed by atoms with Gasteiger partial charge in [0.05, 0.1) is 0 Å². The molecule has 1 aromatic rings. The fourth-order valence-electron chi connectivity index (χ4n) is 2.93. The largest absolute Gasteiger partial charge is 0.344 e. The molecule has 3 rings (SSSR count). The Morgan fingerprint density at radius 3 is 2.84 bits per heavy atom. The summed E-state index contributed by atoms with van der Waals surface area (Å²) in [6.45, 7) is 0. The van der Waals surface area contributed by atoms with Gasteiger partial charge < -0.3 is 10.6 Å². The second-order valence-corrected chi connectivity index (χ2v) is 5.30. The van der Waals surface area contributed by atoms with Gasteiger partial charge in [-0.25, -0.2) is 0 Å². The molecule has 1 aliphatic carbocycles. The number of benzene rings is 1. The highest BCUT2D eigenvalue weighted by molar-refractivity contribution is 5.99. The number of fused-ring (bicyclic) bond motifs is 1. The summed E-state index contributed by atoms with van der Waals surface area (Å²) < 4.78 is 0. The normalized spacial score (nSPS) is 21.7. The third kappa shape index (κ3) is 2.48. The second kappa shape index (κ2) is 5.03. The topological polar surface area (TPSA) is 58.2 Å². The minimum Gasteiger partial charge on any atom is -0.344 e. The van der Waals surface area contributed by atoms with Crippen LogP contribution in [0.4, 0.5) is 5.69 Å². The van der Waals surface area contributed by atoms with Crippen molar-refractivity contribution in [1.82, 2.24) is 5.32 Å². The summed E-state index contributed by atoms with van der Waals surface area (Å²) in [6, 6.07) is 5.72. The number of aryl methyl sites for hydroxylation is 1. The van der Waals surface area contributed by atoms with Gasteiger partial charge in [-0.2, -0.15) is 0 Å². The summed E-state index contributed by atoms with van der Waals surface area (Å²) in [7, 11) is 0. The summed E-state index contributed by atoms with van der Waals surface area (Å²) in [5.41, 5.74) is 3.54. The number of hydrogen-bond donors (Lipinski definition) is 2. The van der Waals surface area contributed by atoms with Crippen molar-refractivity contribution in [2.45, 2.75) is 44.6 Å². The van der Waals surface area contributed by atoms with Crippen LogP contribution in [0.1, 0.15) is 36.8 Å². The Kier molecular flexibility index (Phi) is 3.23. The molecule has 0 bridgehead atoms. The predicted molar refractivity (Wildman–Crippen MR) is 72.9 cm³/mol. The average molecular weight is 258 g/mol. The first-order valence-electron chi connectivity index (χ1n) is 6.95. The molecule has 1 atom stereocenters. The molecule has 2 N–H and O–H groups in total. The first-order valence-corrected chi connectivity index (χ1v) is 6.95. The standard InChI is InChI=1S/C15H18N2O2/c18-14-9-8-13(16-14)15(19)17-12-7-3-5-10-4-1-2-6-11(10)12/h3,5,7,13H,1-2,4,6,8-9H2,(H,16,18)(H,17,19)/t13-/m1/s1. The zero-order chi connectivity index (χ0) is 13.2. The average Bonchev–Trinajstić information content (AvgIpc) is 2.86. The van der Waals surface area contributed by atoms with Crippen LogP contribution in [0.15, 0.2) is 18.2 Å². The van der Waals surface area contributed by atoms with E-state index in [1.165, 1.54) is 24.0 Å². The quantitative estimate of drug-likeness (QED) is 0.849. The molecule has 2 amide bonds. The van der Waals surface area contributed by atoms with E-state index >= 15 is 0 Å². The summed E-state index contributed by atoms with van der Waals surface area (Å²) in [6.07, 6.45) is 5.58. The Labute approximate surface area is 112 Å². The number of rotatable bonds is 2. The van der Waals surface area contributed by atoms with E-state index in [2.05, 4.69) is 16.7 Å². The van der Waals surface area contributed by atoms with Crippen molar-refractivity contribution in [1.29, 1.82) is 0 Å². The maximum absolute atomic E-state index is 12.1. The van der Waals surface area contributed by atoms with E-state index in [1.807, 2.05) is 12.1 Å². The highest BCUT2D eigenvalue weighted by atomic mass is 16.2. The van der Waals surface area contributed by atoms with Crippen molar-refractivity contribution >= 4 is 17.5 Å². The van der Waals surface area contributed by atoms with E-state index in [-0.39, 0.29) is 17.9 Å². The van der Waals surface area contributed by atoms with Gasteiger partial charge in [0, 0.05) is 12.1 Å². The molecule has 0 saturated carbocycles. The molecule has 1 aromatic carbocycles. The third-order valence-corrected chi connectivity index (χ3v) is 3.97. The molecule has 1 fully saturated rings. The van der Waals surface area contributed by atoms with Crippen LogP contribution in [0, 0.1) is 0 Å². The van der Waals surface area contributed by atoms with Crippen LogP contribution in [0.5, 0.6) is 0 Å². The summed E-state index contributed by atoms with van der Waals surface area (Å²) in [5, 5.41) is 5.68. The van der Waals surface area contributed by atoms with Gasteiger partial charge in [-0.1, -0.05) is 12.1 Å². The SMILES string of the molecule is O=C1CC[C@H](C(=O)Nc2cccc3c2CCCC3)N1. The molecular weight excluding hydrogens is 240 g/mol. The van der Waals surface area contributed by atoms with Crippen LogP contribution >= 0.6 is 0 Å². The molecule has 0 aromatic heterocycles. The van der Waals surface area contributed by atoms with Crippen LogP contribution < -0.4 is 10.6 Å². The first kappa shape index (κ1) is 12.2. The van der Waals surface area contributed by atoms with E-state index < -0.39 is 0 Å². The van der Waals surface area contributed by atoms with E-state index in [0.29, 0.717) is 12.8 Å². The Bertz CT molecular complexity index is 525. The Morgan fingerprint density at radius 2 is 2.05 bits per heavy atom. The lowest BCUT2D eigenvalue weighted by Gasteiger charge is -2.20. The van der Waals surface area contributed by atoms with E-state index in [0.717, 1.165) is 18.5 Å². The molecule has 1 aliphatic heterocycles. The maximum atomic E-state index is 12.1. The molecule has 0 radical (unpaired) electrons. The lowest BCUT2D eigenvalue weighted by atomic mass is 9.90. The minimum atomic E-state index is -0.369. The zero-order valence-corrected chi connectivity index (χ0v) is 10.9. The molecule has 19 heavy (non-hydrogen) atoms. The van der Waals surface area contributed by atoms with Gasteiger partial charge in [0.25, 0.3) is 0 Å². The van der Waals surface area contributed by atoms with Crippen molar-refractivity contribution in [2.24, 2.45) is 0 Å². The molecule has 100 valence electrons. The predicted octanol–water partition coefficient (Wildman–Crippen LogP) is 1.78. The molecule has 1 saturated heterocycles. The lowest BCUT2D eigenvalue weighted by Crippen LogP contribution is -2.37. The van der Waals surface area contributed by atoms with Crippen LogP contribution in [0.2, 0.25) is 0 Å². The number of anilines is 1. The van der Waals surface area contributed by atoms with E-state index in [1.54, 1.807) is 0 Å². The van der Waals surface area contributed by atoms with Crippen molar-refractivity contribution in [2.75, 3.05) is 5.32 Å². The minimum absolute atomic E-state index is 0.0322. The van der Waals surface area contributed by atoms with Gasteiger partial charge in [-0.05, 0) is 49.3 Å². The summed E-state index contributed by atoms with van der Waals surface area (Å²) in [4.78, 5) is 23.3. The number of carbonyl (C=O) groups excluding carboxylic acids is 2. The molecular formula is C15H18N2O2. The van der Waals surface area contributed by atoms with Crippen LogP contribution in [0.25, 0.3) is 0 Å². The van der Waals surface area contributed by atoms with E-state index in [9.17, 15) is 9.59 Å². The highest BCUT2D eigenvalue weighted by Crippen LogP contribution is 2.28. The Balaban J connectivity index is 1.76. The zero-order valence-electron chi connectivity index (χ0n) is 10.9. The van der Waals surface area contributed by atoms with Crippen molar-refractivity contribution in [3.05, 3.63) is 29.3 Å². The van der Waals surface area contributed by atoms with Gasteiger partial charge in [-0.3, -0.25) is 9.59 Å². The summed E-state index contributed by atoms with van der Waals surface area (Å²) >= 11 is 0. The highest BCUT2D eigenvalue weighted by Gasteiger charge is 2.27. The molecule has 4 heteroatoms. The molecule has 4 nitrogen and oxygen atoms in total. The molecule has 0 unspecified atom stereocenters. The van der Waals surface area contributed by atoms with Crippen molar-refractivity contribution in [3.8, 4) is 0 Å². The van der Waals surface area contributed by atoms with Crippen molar-refractivity contribution in [3.63, 3.8) is 0 Å². The van der Waals surface area contributed by atoms with Crippen LogP contribution in [0.3, 0.4) is 0 Å². The first-order chi connectivity index (χ1) is 9.24. The van der Waals surface area contributed by atoms with E-state index in [4.69, 9.17) is 0 Å². The van der Waals surface area contributed by atoms with Crippen LogP contribution in [-0.4, -0.2) is 17.9 Å². The number of amides is 2. The van der Waals surface area contributed by atoms with Crippen molar-refractivity contribution < 1.29 is 9.59 Å². The Hall–Kier alpha value is -1.84. The fraction of sp³-hybridized carbons (Fsp3) is 0.467. The van der Waals surface area contributed by atoms with Gasteiger partial charge in [-0.15, -0.1) is 0 Å². The fourth-order valence-corrected chi connectivity index (χ4v) is 2.93. The van der Waals surface area contributed by atoms with Crippen LogP contribution in [-0.2, 0) is 22.4 Å². The monoisotopic (exact) mass is 258 g/mol. The second-order valence-electron chi connectivity index (χ2n) is 5.30. The Morgan fingerprint density at radius 1 is 1.21 bits per heavy atom. The van der Waals surface area contributed by atoms with Gasteiger partial charge >= 0.3 is 0 Å². The molecule has 2 aliphatic rings. The number of hydrogen-bond acceptors (Lipinski definition) is 2. The van der Waals surface area contributed by atoms with Gasteiger partial charge in [0.1, 0.15) is 6.04 Å². The smallest absolute Gasteiger partial charge is 0.246 e.